The standard InChI is InChI=1S/C10H11NO/c1-8-5-3-4-6-10(8)9(2)11-7-12/h3-6,9H,1-2H3/t9-/m0/s1. The summed E-state index contributed by atoms with van der Waals surface area (Å²) in [5.41, 5.74) is 2.24. The first-order valence-corrected chi connectivity index (χ1v) is 3.88. The highest BCUT2D eigenvalue weighted by Crippen LogP contribution is 2.19. The lowest BCUT2D eigenvalue weighted by Gasteiger charge is -2.06. The van der Waals surface area contributed by atoms with E-state index in [0.29, 0.717) is 0 Å². The maximum atomic E-state index is 10.0. The van der Waals surface area contributed by atoms with Gasteiger partial charge in [0.2, 0.25) is 6.08 Å². The van der Waals surface area contributed by atoms with Crippen molar-refractivity contribution in [2.45, 2.75) is 19.9 Å². The van der Waals surface area contributed by atoms with Crippen LogP contribution in [0.3, 0.4) is 0 Å². The van der Waals surface area contributed by atoms with Gasteiger partial charge in [0.05, 0.1) is 6.04 Å². The second kappa shape index (κ2) is 3.84. The quantitative estimate of drug-likeness (QED) is 0.483. The van der Waals surface area contributed by atoms with Crippen molar-refractivity contribution < 1.29 is 4.79 Å². The van der Waals surface area contributed by atoms with Gasteiger partial charge in [0, 0.05) is 0 Å². The normalized spacial score (nSPS) is 11.8. The highest BCUT2D eigenvalue weighted by atomic mass is 16.1. The van der Waals surface area contributed by atoms with E-state index in [0.717, 1.165) is 11.1 Å². The van der Waals surface area contributed by atoms with Crippen molar-refractivity contribution in [3.63, 3.8) is 0 Å². The molecule has 62 valence electrons. The molecule has 0 spiro atoms. The Bertz CT molecular complexity index is 313. The van der Waals surface area contributed by atoms with Crippen molar-refractivity contribution in [1.82, 2.24) is 0 Å². The second-order valence-electron chi connectivity index (χ2n) is 2.75. The average Bonchev–Trinajstić information content (AvgIpc) is 2.05. The predicted molar refractivity (Wildman–Crippen MR) is 47.7 cm³/mol. The number of hydrogen-bond donors (Lipinski definition) is 0. The molecule has 0 bridgehead atoms. The summed E-state index contributed by atoms with van der Waals surface area (Å²) in [6.07, 6.45) is 1.57. The molecule has 0 aliphatic carbocycles. The summed E-state index contributed by atoms with van der Waals surface area (Å²) in [5, 5.41) is 0. The monoisotopic (exact) mass is 161 g/mol. The minimum absolute atomic E-state index is 0.0799. The van der Waals surface area contributed by atoms with Gasteiger partial charge in [-0.2, -0.15) is 4.99 Å². The van der Waals surface area contributed by atoms with Crippen molar-refractivity contribution in [3.05, 3.63) is 35.4 Å². The SMILES string of the molecule is Cc1ccccc1[C@H](C)N=C=O. The van der Waals surface area contributed by atoms with E-state index in [2.05, 4.69) is 4.99 Å². The second-order valence-corrected chi connectivity index (χ2v) is 2.75. The molecule has 12 heavy (non-hydrogen) atoms. The molecule has 0 aliphatic heterocycles. The number of isocyanates is 1. The molecular formula is C10H11NO. The molecule has 0 aromatic heterocycles. The van der Waals surface area contributed by atoms with Crippen LogP contribution >= 0.6 is 0 Å². The highest BCUT2D eigenvalue weighted by Gasteiger charge is 2.04. The molecule has 1 aromatic carbocycles. The molecule has 0 amide bonds. The zero-order chi connectivity index (χ0) is 8.97. The summed E-state index contributed by atoms with van der Waals surface area (Å²) in [6.45, 7) is 3.89. The number of hydrogen-bond acceptors (Lipinski definition) is 2. The van der Waals surface area contributed by atoms with Gasteiger partial charge in [-0.15, -0.1) is 0 Å². The molecule has 0 saturated heterocycles. The average molecular weight is 161 g/mol. The predicted octanol–water partition coefficient (Wildman–Crippen LogP) is 2.39. The van der Waals surface area contributed by atoms with Gasteiger partial charge in [-0.05, 0) is 25.0 Å². The molecule has 2 nitrogen and oxygen atoms in total. The summed E-state index contributed by atoms with van der Waals surface area (Å²) in [5.74, 6) is 0. The Hall–Kier alpha value is -1.40. The first-order valence-electron chi connectivity index (χ1n) is 3.88. The molecule has 0 heterocycles. The lowest BCUT2D eigenvalue weighted by atomic mass is 10.0. The van der Waals surface area contributed by atoms with Crippen LogP contribution in [0.1, 0.15) is 24.1 Å². The third-order valence-corrected chi connectivity index (χ3v) is 1.88. The van der Waals surface area contributed by atoms with E-state index in [1.807, 2.05) is 38.1 Å². The Balaban J connectivity index is 3.02. The molecule has 0 saturated carbocycles. The number of aliphatic imine (C=N–C) groups is 1. The van der Waals surface area contributed by atoms with E-state index in [-0.39, 0.29) is 6.04 Å². The summed E-state index contributed by atoms with van der Waals surface area (Å²) >= 11 is 0. The maximum Gasteiger partial charge on any atom is 0.235 e. The molecule has 1 aromatic rings. The van der Waals surface area contributed by atoms with Crippen LogP contribution in [0.2, 0.25) is 0 Å². The van der Waals surface area contributed by atoms with E-state index in [9.17, 15) is 4.79 Å². The van der Waals surface area contributed by atoms with Gasteiger partial charge in [0.1, 0.15) is 0 Å². The molecule has 0 radical (unpaired) electrons. The number of rotatable bonds is 2. The van der Waals surface area contributed by atoms with Crippen molar-refractivity contribution >= 4 is 6.08 Å². The molecule has 1 atom stereocenters. The Morgan fingerprint density at radius 3 is 2.67 bits per heavy atom. The van der Waals surface area contributed by atoms with E-state index in [4.69, 9.17) is 0 Å². The first-order chi connectivity index (χ1) is 5.75. The molecule has 0 fully saturated rings. The van der Waals surface area contributed by atoms with E-state index >= 15 is 0 Å². The lowest BCUT2D eigenvalue weighted by Crippen LogP contribution is -1.91. The number of aryl methyl sites for hydroxylation is 1. The summed E-state index contributed by atoms with van der Waals surface area (Å²) in [7, 11) is 0. The largest absolute Gasteiger partial charge is 0.235 e. The minimum Gasteiger partial charge on any atom is -0.211 e. The van der Waals surface area contributed by atoms with Crippen LogP contribution in [0.5, 0.6) is 0 Å². The molecule has 1 rings (SSSR count). The first kappa shape index (κ1) is 8.69. The molecule has 0 unspecified atom stereocenters. The topological polar surface area (TPSA) is 29.4 Å². The Morgan fingerprint density at radius 1 is 1.42 bits per heavy atom. The zero-order valence-corrected chi connectivity index (χ0v) is 7.24. The smallest absolute Gasteiger partial charge is 0.211 e. The Labute approximate surface area is 71.9 Å². The lowest BCUT2D eigenvalue weighted by molar-refractivity contribution is 0.559. The van der Waals surface area contributed by atoms with Crippen molar-refractivity contribution in [1.29, 1.82) is 0 Å². The van der Waals surface area contributed by atoms with Gasteiger partial charge in [-0.3, -0.25) is 0 Å². The van der Waals surface area contributed by atoms with E-state index in [1.54, 1.807) is 6.08 Å². The zero-order valence-electron chi connectivity index (χ0n) is 7.24. The van der Waals surface area contributed by atoms with Gasteiger partial charge < -0.3 is 0 Å². The van der Waals surface area contributed by atoms with Crippen molar-refractivity contribution in [3.8, 4) is 0 Å². The fourth-order valence-electron chi connectivity index (χ4n) is 1.20. The highest BCUT2D eigenvalue weighted by molar-refractivity contribution is 5.37. The fraction of sp³-hybridized carbons (Fsp3) is 0.300. The fourth-order valence-corrected chi connectivity index (χ4v) is 1.20. The summed E-state index contributed by atoms with van der Waals surface area (Å²) in [4.78, 5) is 13.7. The summed E-state index contributed by atoms with van der Waals surface area (Å²) in [6, 6.07) is 7.81. The van der Waals surface area contributed by atoms with Crippen LogP contribution in [0.4, 0.5) is 0 Å². The van der Waals surface area contributed by atoms with Crippen LogP contribution in [0.15, 0.2) is 29.3 Å². The molecule has 2 heteroatoms. The van der Waals surface area contributed by atoms with Crippen LogP contribution < -0.4 is 0 Å². The summed E-state index contributed by atoms with van der Waals surface area (Å²) < 4.78 is 0. The Morgan fingerprint density at radius 2 is 2.08 bits per heavy atom. The van der Waals surface area contributed by atoms with E-state index < -0.39 is 0 Å². The third-order valence-electron chi connectivity index (χ3n) is 1.88. The molecular weight excluding hydrogens is 150 g/mol. The van der Waals surface area contributed by atoms with Gasteiger partial charge in [-0.1, -0.05) is 24.3 Å². The van der Waals surface area contributed by atoms with Gasteiger partial charge in [-0.25, -0.2) is 4.79 Å². The van der Waals surface area contributed by atoms with Crippen LogP contribution in [0, 0.1) is 6.92 Å². The number of carbonyl (C=O) groups excluding carboxylic acids is 1. The van der Waals surface area contributed by atoms with Crippen LogP contribution in [0.25, 0.3) is 0 Å². The van der Waals surface area contributed by atoms with Crippen LogP contribution in [-0.4, -0.2) is 6.08 Å². The van der Waals surface area contributed by atoms with Gasteiger partial charge in [0.15, 0.2) is 0 Å². The van der Waals surface area contributed by atoms with Crippen molar-refractivity contribution in [2.24, 2.45) is 4.99 Å². The number of nitrogens with zero attached hydrogens (tertiary/aromatic N) is 1. The van der Waals surface area contributed by atoms with Gasteiger partial charge >= 0.3 is 0 Å². The Kier molecular flexibility index (Phi) is 2.78. The van der Waals surface area contributed by atoms with Crippen molar-refractivity contribution in [2.75, 3.05) is 0 Å². The van der Waals surface area contributed by atoms with Gasteiger partial charge in [0.25, 0.3) is 0 Å². The third kappa shape index (κ3) is 1.80. The minimum atomic E-state index is -0.0799. The maximum absolute atomic E-state index is 10.0. The molecule has 0 aliphatic rings. The molecule has 0 N–H and O–H groups in total. The van der Waals surface area contributed by atoms with E-state index in [1.165, 1.54) is 0 Å². The number of benzene rings is 1. The van der Waals surface area contributed by atoms with Crippen LogP contribution in [-0.2, 0) is 4.79 Å².